The van der Waals surface area contributed by atoms with E-state index >= 15 is 0 Å². The van der Waals surface area contributed by atoms with Gasteiger partial charge in [0.25, 0.3) is 0 Å². The van der Waals surface area contributed by atoms with Crippen LogP contribution in [0.3, 0.4) is 0 Å². The van der Waals surface area contributed by atoms with Crippen LogP contribution in [0.2, 0.25) is 0 Å². The van der Waals surface area contributed by atoms with Crippen molar-refractivity contribution in [3.05, 3.63) is 29.8 Å². The first-order valence-electron chi connectivity index (χ1n) is 7.67. The zero-order valence-corrected chi connectivity index (χ0v) is 12.7. The molecule has 0 aliphatic heterocycles. The Balaban J connectivity index is 2.00. The molecule has 0 unspecified atom stereocenters. The molecule has 2 N–H and O–H groups in total. The van der Waals surface area contributed by atoms with Gasteiger partial charge in [-0.2, -0.15) is 0 Å². The van der Waals surface area contributed by atoms with Gasteiger partial charge in [-0.05, 0) is 37.5 Å². The second-order valence-corrected chi connectivity index (χ2v) is 5.93. The fraction of sp³-hybridized carbons (Fsp3) is 0.529. The molecule has 0 spiro atoms. The van der Waals surface area contributed by atoms with E-state index in [0.717, 1.165) is 19.3 Å². The molecule has 22 heavy (non-hydrogen) atoms. The zero-order valence-electron chi connectivity index (χ0n) is 12.7. The van der Waals surface area contributed by atoms with Gasteiger partial charge in [-0.15, -0.1) is 0 Å². The number of hydrogen-bond acceptors (Lipinski definition) is 3. The molecule has 5 nitrogen and oxygen atoms in total. The molecular formula is C17H22O5. The van der Waals surface area contributed by atoms with Crippen molar-refractivity contribution >= 4 is 11.9 Å². The first-order valence-corrected chi connectivity index (χ1v) is 7.67. The second kappa shape index (κ2) is 7.29. The third-order valence-corrected chi connectivity index (χ3v) is 4.42. The van der Waals surface area contributed by atoms with Crippen LogP contribution in [0.5, 0.6) is 5.75 Å². The van der Waals surface area contributed by atoms with Crippen molar-refractivity contribution in [1.29, 1.82) is 0 Å². The SMILES string of the molecule is C[C@H](C(=O)O)c1cccc(OC[C@@H]2CCCC[C@@H]2C(=O)O)c1. The maximum atomic E-state index is 11.3. The molecule has 0 aromatic heterocycles. The summed E-state index contributed by atoms with van der Waals surface area (Å²) < 4.78 is 5.74. The van der Waals surface area contributed by atoms with Gasteiger partial charge in [-0.1, -0.05) is 25.0 Å². The lowest BCUT2D eigenvalue weighted by molar-refractivity contribution is -0.145. The summed E-state index contributed by atoms with van der Waals surface area (Å²) in [7, 11) is 0. The minimum Gasteiger partial charge on any atom is -0.493 e. The van der Waals surface area contributed by atoms with Gasteiger partial charge in [0.2, 0.25) is 0 Å². The molecule has 0 radical (unpaired) electrons. The Morgan fingerprint density at radius 1 is 1.27 bits per heavy atom. The van der Waals surface area contributed by atoms with Crippen molar-refractivity contribution < 1.29 is 24.5 Å². The van der Waals surface area contributed by atoms with Gasteiger partial charge in [-0.3, -0.25) is 9.59 Å². The van der Waals surface area contributed by atoms with E-state index in [4.69, 9.17) is 9.84 Å². The van der Waals surface area contributed by atoms with Crippen molar-refractivity contribution in [3.63, 3.8) is 0 Å². The Labute approximate surface area is 129 Å². The highest BCUT2D eigenvalue weighted by atomic mass is 16.5. The van der Waals surface area contributed by atoms with Gasteiger partial charge in [0.1, 0.15) is 5.75 Å². The average Bonchev–Trinajstić information content (AvgIpc) is 2.52. The van der Waals surface area contributed by atoms with Crippen molar-refractivity contribution in [1.82, 2.24) is 0 Å². The number of hydrogen-bond donors (Lipinski definition) is 2. The predicted molar refractivity (Wildman–Crippen MR) is 81.1 cm³/mol. The minimum absolute atomic E-state index is 0.0202. The fourth-order valence-electron chi connectivity index (χ4n) is 2.95. The number of carboxylic acids is 2. The van der Waals surface area contributed by atoms with Gasteiger partial charge < -0.3 is 14.9 Å². The maximum absolute atomic E-state index is 11.3. The van der Waals surface area contributed by atoms with E-state index in [0.29, 0.717) is 24.3 Å². The highest BCUT2D eigenvalue weighted by Crippen LogP contribution is 2.31. The molecule has 0 amide bonds. The molecular weight excluding hydrogens is 284 g/mol. The quantitative estimate of drug-likeness (QED) is 0.843. The van der Waals surface area contributed by atoms with Crippen LogP contribution in [0.4, 0.5) is 0 Å². The van der Waals surface area contributed by atoms with E-state index in [1.54, 1.807) is 31.2 Å². The van der Waals surface area contributed by atoms with E-state index in [-0.39, 0.29) is 11.8 Å². The molecule has 1 aliphatic carbocycles. The van der Waals surface area contributed by atoms with E-state index in [9.17, 15) is 14.7 Å². The van der Waals surface area contributed by atoms with Crippen LogP contribution in [-0.4, -0.2) is 28.8 Å². The molecule has 120 valence electrons. The molecule has 1 aromatic carbocycles. The van der Waals surface area contributed by atoms with Crippen LogP contribution in [0.1, 0.15) is 44.1 Å². The van der Waals surface area contributed by atoms with Crippen LogP contribution in [0, 0.1) is 11.8 Å². The Kier molecular flexibility index (Phi) is 5.41. The largest absolute Gasteiger partial charge is 0.493 e. The molecule has 5 heteroatoms. The van der Waals surface area contributed by atoms with Gasteiger partial charge in [-0.25, -0.2) is 0 Å². The van der Waals surface area contributed by atoms with Crippen molar-refractivity contribution in [2.75, 3.05) is 6.61 Å². The number of carbonyl (C=O) groups is 2. The highest BCUT2D eigenvalue weighted by molar-refractivity contribution is 5.75. The van der Waals surface area contributed by atoms with Gasteiger partial charge in [0, 0.05) is 5.92 Å². The van der Waals surface area contributed by atoms with Crippen LogP contribution in [0.25, 0.3) is 0 Å². The molecule has 1 saturated carbocycles. The van der Waals surface area contributed by atoms with Crippen LogP contribution in [0.15, 0.2) is 24.3 Å². The summed E-state index contributed by atoms with van der Waals surface area (Å²) in [5, 5.41) is 18.3. The summed E-state index contributed by atoms with van der Waals surface area (Å²) in [6.07, 6.45) is 3.56. The highest BCUT2D eigenvalue weighted by Gasteiger charge is 2.31. The molecule has 0 saturated heterocycles. The number of aliphatic carboxylic acids is 2. The molecule has 1 aromatic rings. The summed E-state index contributed by atoms with van der Waals surface area (Å²) in [5.41, 5.74) is 0.684. The normalized spacial score (nSPS) is 22.8. The molecule has 2 rings (SSSR count). The Bertz CT molecular complexity index is 540. The van der Waals surface area contributed by atoms with Gasteiger partial charge >= 0.3 is 11.9 Å². The van der Waals surface area contributed by atoms with Crippen molar-refractivity contribution in [2.24, 2.45) is 11.8 Å². The molecule has 1 aliphatic rings. The number of ether oxygens (including phenoxy) is 1. The van der Waals surface area contributed by atoms with Crippen LogP contribution < -0.4 is 4.74 Å². The van der Waals surface area contributed by atoms with Crippen molar-refractivity contribution in [2.45, 2.75) is 38.5 Å². The Hall–Kier alpha value is -2.04. The summed E-state index contributed by atoms with van der Waals surface area (Å²) in [6.45, 7) is 1.99. The molecule has 0 bridgehead atoms. The first-order chi connectivity index (χ1) is 10.5. The van der Waals surface area contributed by atoms with E-state index in [1.807, 2.05) is 0 Å². The molecule has 1 fully saturated rings. The fourth-order valence-corrected chi connectivity index (χ4v) is 2.95. The smallest absolute Gasteiger partial charge is 0.310 e. The van der Waals surface area contributed by atoms with E-state index in [2.05, 4.69) is 0 Å². The number of rotatable bonds is 6. The Morgan fingerprint density at radius 3 is 2.68 bits per heavy atom. The van der Waals surface area contributed by atoms with Gasteiger partial charge in [0.05, 0.1) is 18.4 Å². The maximum Gasteiger partial charge on any atom is 0.310 e. The lowest BCUT2D eigenvalue weighted by atomic mass is 9.80. The first kappa shape index (κ1) is 16.3. The third-order valence-electron chi connectivity index (χ3n) is 4.42. The van der Waals surface area contributed by atoms with E-state index in [1.165, 1.54) is 0 Å². The third kappa shape index (κ3) is 4.00. The topological polar surface area (TPSA) is 83.8 Å². The standard InChI is InChI=1S/C17H22O5/c1-11(16(18)19)12-6-4-7-14(9-12)22-10-13-5-2-3-8-15(13)17(20)21/h4,6-7,9,11,13,15H,2-3,5,8,10H2,1H3,(H,18,19)(H,20,21)/t11-,13-,15-/m0/s1. The Morgan fingerprint density at radius 2 is 2.00 bits per heavy atom. The summed E-state index contributed by atoms with van der Waals surface area (Å²) in [4.78, 5) is 22.3. The number of benzene rings is 1. The van der Waals surface area contributed by atoms with E-state index < -0.39 is 17.9 Å². The molecule has 3 atom stereocenters. The summed E-state index contributed by atoms with van der Waals surface area (Å²) in [6, 6.07) is 7.01. The van der Waals surface area contributed by atoms with Crippen LogP contribution >= 0.6 is 0 Å². The average molecular weight is 306 g/mol. The van der Waals surface area contributed by atoms with Gasteiger partial charge in [0.15, 0.2) is 0 Å². The van der Waals surface area contributed by atoms with Crippen molar-refractivity contribution in [3.8, 4) is 5.75 Å². The minimum atomic E-state index is -0.879. The second-order valence-electron chi connectivity index (χ2n) is 5.93. The summed E-state index contributed by atoms with van der Waals surface area (Å²) in [5.74, 6) is -1.94. The summed E-state index contributed by atoms with van der Waals surface area (Å²) >= 11 is 0. The predicted octanol–water partition coefficient (Wildman–Crippen LogP) is 3.14. The monoisotopic (exact) mass is 306 g/mol. The lowest BCUT2D eigenvalue weighted by Crippen LogP contribution is -2.31. The van der Waals surface area contributed by atoms with Crippen LogP contribution in [-0.2, 0) is 9.59 Å². The molecule has 0 heterocycles. The zero-order chi connectivity index (χ0) is 16.1. The lowest BCUT2D eigenvalue weighted by Gasteiger charge is -2.28. The number of carboxylic acid groups (broad SMARTS) is 2.